The molecule has 0 aliphatic carbocycles. The van der Waals surface area contributed by atoms with E-state index in [0.29, 0.717) is 0 Å². The molecule has 0 aliphatic heterocycles. The van der Waals surface area contributed by atoms with Gasteiger partial charge in [0.05, 0.1) is 7.11 Å². The van der Waals surface area contributed by atoms with E-state index in [-0.39, 0.29) is 17.5 Å². The highest BCUT2D eigenvalue weighted by Gasteiger charge is 2.27. The molecule has 2 N–H and O–H groups in total. The first-order valence-electron chi connectivity index (χ1n) is 6.51. The van der Waals surface area contributed by atoms with Gasteiger partial charge in [-0.2, -0.15) is 0 Å². The maximum Gasteiger partial charge on any atom is 0.328 e. The zero-order chi connectivity index (χ0) is 15.1. The number of ether oxygens (including phenoxy) is 1. The van der Waals surface area contributed by atoms with E-state index in [1.54, 1.807) is 0 Å². The van der Waals surface area contributed by atoms with Crippen LogP contribution in [0.2, 0.25) is 0 Å². The summed E-state index contributed by atoms with van der Waals surface area (Å²) in [5.74, 6) is -0.469. The van der Waals surface area contributed by atoms with Crippen molar-refractivity contribution in [3.05, 3.63) is 12.7 Å². The largest absolute Gasteiger partial charge is 0.467 e. The predicted octanol–water partition coefficient (Wildman–Crippen LogP) is 2.23. The van der Waals surface area contributed by atoms with Crippen LogP contribution in [0.4, 0.5) is 4.79 Å². The minimum atomic E-state index is -0.639. The average Bonchev–Trinajstić information content (AvgIpc) is 2.31. The maximum absolute atomic E-state index is 11.9. The minimum Gasteiger partial charge on any atom is -0.467 e. The molecule has 0 unspecified atom stereocenters. The molecule has 5 heteroatoms. The Morgan fingerprint density at radius 3 is 2.37 bits per heavy atom. The SMILES string of the molecule is C=CCCC(C)(C)NC(=O)N[C@H](C(=O)OC)C(C)C. The van der Waals surface area contributed by atoms with E-state index >= 15 is 0 Å². The first-order valence-corrected chi connectivity index (χ1v) is 6.51. The van der Waals surface area contributed by atoms with Crippen molar-refractivity contribution in [2.45, 2.75) is 52.1 Å². The number of methoxy groups -OCH3 is 1. The number of hydrogen-bond donors (Lipinski definition) is 2. The number of carbonyl (C=O) groups excluding carboxylic acids is 2. The van der Waals surface area contributed by atoms with Gasteiger partial charge in [0.15, 0.2) is 0 Å². The molecule has 19 heavy (non-hydrogen) atoms. The van der Waals surface area contributed by atoms with Crippen LogP contribution in [-0.2, 0) is 9.53 Å². The van der Waals surface area contributed by atoms with Crippen LogP contribution >= 0.6 is 0 Å². The maximum atomic E-state index is 11.9. The molecule has 1 atom stereocenters. The fraction of sp³-hybridized carbons (Fsp3) is 0.714. The third-order valence-electron chi connectivity index (χ3n) is 2.83. The Balaban J connectivity index is 4.49. The van der Waals surface area contributed by atoms with Gasteiger partial charge in [0.1, 0.15) is 6.04 Å². The Kier molecular flexibility index (Phi) is 7.19. The lowest BCUT2D eigenvalue weighted by Gasteiger charge is -2.28. The molecule has 0 radical (unpaired) electrons. The predicted molar refractivity (Wildman–Crippen MR) is 75.8 cm³/mol. The molecule has 0 bridgehead atoms. The Hall–Kier alpha value is -1.52. The molecule has 0 aliphatic rings. The summed E-state index contributed by atoms with van der Waals surface area (Å²) >= 11 is 0. The summed E-state index contributed by atoms with van der Waals surface area (Å²) in [6.45, 7) is 11.2. The van der Waals surface area contributed by atoms with Crippen molar-refractivity contribution < 1.29 is 14.3 Å². The number of amides is 2. The van der Waals surface area contributed by atoms with Crippen molar-refractivity contribution in [2.75, 3.05) is 7.11 Å². The second kappa shape index (κ2) is 7.81. The van der Waals surface area contributed by atoms with Crippen molar-refractivity contribution in [1.82, 2.24) is 10.6 Å². The zero-order valence-corrected chi connectivity index (χ0v) is 12.6. The van der Waals surface area contributed by atoms with E-state index in [1.165, 1.54) is 7.11 Å². The average molecular weight is 270 g/mol. The quantitative estimate of drug-likeness (QED) is 0.550. The molecular weight excluding hydrogens is 244 g/mol. The molecule has 0 spiro atoms. The van der Waals surface area contributed by atoms with Crippen LogP contribution in [-0.4, -0.2) is 30.7 Å². The summed E-state index contributed by atoms with van der Waals surface area (Å²) < 4.78 is 4.67. The lowest BCUT2D eigenvalue weighted by molar-refractivity contribution is -0.144. The number of esters is 1. The van der Waals surface area contributed by atoms with Gasteiger partial charge in [0.25, 0.3) is 0 Å². The van der Waals surface area contributed by atoms with Crippen molar-refractivity contribution in [3.8, 4) is 0 Å². The highest BCUT2D eigenvalue weighted by atomic mass is 16.5. The molecule has 0 saturated heterocycles. The molecule has 0 aromatic carbocycles. The Labute approximate surface area is 115 Å². The van der Waals surface area contributed by atoms with Gasteiger partial charge >= 0.3 is 12.0 Å². The molecule has 0 saturated carbocycles. The summed E-state index contributed by atoms with van der Waals surface area (Å²) in [5.41, 5.74) is -0.351. The van der Waals surface area contributed by atoms with E-state index in [2.05, 4.69) is 21.9 Å². The van der Waals surface area contributed by atoms with Crippen molar-refractivity contribution in [3.63, 3.8) is 0 Å². The first kappa shape index (κ1) is 17.5. The Bertz CT molecular complexity index is 325. The Morgan fingerprint density at radius 2 is 1.95 bits per heavy atom. The molecule has 0 aromatic rings. The molecule has 0 fully saturated rings. The molecule has 110 valence electrons. The van der Waals surface area contributed by atoms with E-state index in [9.17, 15) is 9.59 Å². The fourth-order valence-electron chi connectivity index (χ4n) is 1.63. The van der Waals surface area contributed by atoms with Crippen LogP contribution < -0.4 is 10.6 Å². The van der Waals surface area contributed by atoms with Gasteiger partial charge < -0.3 is 15.4 Å². The molecule has 0 aromatic heterocycles. The molecule has 5 nitrogen and oxygen atoms in total. The van der Waals surface area contributed by atoms with Gasteiger partial charge in [-0.25, -0.2) is 9.59 Å². The van der Waals surface area contributed by atoms with Gasteiger partial charge in [0.2, 0.25) is 0 Å². The van der Waals surface area contributed by atoms with Crippen molar-refractivity contribution in [1.29, 1.82) is 0 Å². The van der Waals surface area contributed by atoms with E-state index < -0.39 is 12.0 Å². The highest BCUT2D eigenvalue weighted by molar-refractivity contribution is 5.84. The van der Waals surface area contributed by atoms with Crippen LogP contribution in [0.25, 0.3) is 0 Å². The van der Waals surface area contributed by atoms with Crippen LogP contribution in [0.5, 0.6) is 0 Å². The zero-order valence-electron chi connectivity index (χ0n) is 12.6. The molecule has 2 amide bonds. The lowest BCUT2D eigenvalue weighted by Crippen LogP contribution is -2.54. The summed E-state index contributed by atoms with van der Waals surface area (Å²) in [4.78, 5) is 23.4. The van der Waals surface area contributed by atoms with Crippen molar-refractivity contribution >= 4 is 12.0 Å². The van der Waals surface area contributed by atoms with Gasteiger partial charge in [-0.15, -0.1) is 6.58 Å². The number of rotatable bonds is 7. The lowest BCUT2D eigenvalue weighted by atomic mass is 9.98. The molecule has 0 rings (SSSR count). The van der Waals surface area contributed by atoms with Crippen molar-refractivity contribution in [2.24, 2.45) is 5.92 Å². The molecule has 0 heterocycles. The summed E-state index contributed by atoms with van der Waals surface area (Å²) in [7, 11) is 1.31. The van der Waals surface area contributed by atoms with E-state index in [1.807, 2.05) is 33.8 Å². The van der Waals surface area contributed by atoms with E-state index in [4.69, 9.17) is 0 Å². The monoisotopic (exact) mass is 270 g/mol. The van der Waals surface area contributed by atoms with Crippen LogP contribution in [0, 0.1) is 5.92 Å². The van der Waals surface area contributed by atoms with Gasteiger partial charge in [-0.3, -0.25) is 0 Å². The number of urea groups is 1. The number of nitrogens with one attached hydrogen (secondary N) is 2. The second-order valence-electron chi connectivity index (χ2n) is 5.55. The third kappa shape index (κ3) is 6.84. The van der Waals surface area contributed by atoms with Crippen LogP contribution in [0.1, 0.15) is 40.5 Å². The summed E-state index contributed by atoms with van der Waals surface area (Å²) in [5, 5.41) is 5.50. The highest BCUT2D eigenvalue weighted by Crippen LogP contribution is 2.11. The standard InChI is InChI=1S/C14H26N2O3/c1-7-8-9-14(4,5)16-13(18)15-11(10(2)3)12(17)19-6/h7,10-11H,1,8-9H2,2-6H3,(H2,15,16,18)/t11-/m0/s1. The fourth-order valence-corrected chi connectivity index (χ4v) is 1.63. The first-order chi connectivity index (χ1) is 8.73. The van der Waals surface area contributed by atoms with Gasteiger partial charge in [-0.1, -0.05) is 19.9 Å². The van der Waals surface area contributed by atoms with Crippen LogP contribution in [0.15, 0.2) is 12.7 Å². The van der Waals surface area contributed by atoms with Crippen LogP contribution in [0.3, 0.4) is 0 Å². The van der Waals surface area contributed by atoms with Gasteiger partial charge in [-0.05, 0) is 32.6 Å². The topological polar surface area (TPSA) is 67.4 Å². The number of carbonyl (C=O) groups is 2. The smallest absolute Gasteiger partial charge is 0.328 e. The van der Waals surface area contributed by atoms with E-state index in [0.717, 1.165) is 12.8 Å². The second-order valence-corrected chi connectivity index (χ2v) is 5.55. The van der Waals surface area contributed by atoms with Gasteiger partial charge in [0, 0.05) is 5.54 Å². The summed E-state index contributed by atoms with van der Waals surface area (Å²) in [6.07, 6.45) is 3.42. The number of allylic oxidation sites excluding steroid dienone is 1. The normalized spacial score (nSPS) is 12.7. The Morgan fingerprint density at radius 1 is 1.37 bits per heavy atom. The summed E-state index contributed by atoms with van der Waals surface area (Å²) in [6, 6.07) is -1.00. The molecular formula is C14H26N2O3. The third-order valence-corrected chi connectivity index (χ3v) is 2.83. The number of hydrogen-bond acceptors (Lipinski definition) is 3. The minimum absolute atomic E-state index is 0.0329.